The van der Waals surface area contributed by atoms with Crippen molar-refractivity contribution in [2.45, 2.75) is 32.2 Å². The summed E-state index contributed by atoms with van der Waals surface area (Å²) in [5.74, 6) is 0. The van der Waals surface area contributed by atoms with Crippen LogP contribution in [0.15, 0.2) is 0 Å². The molecule has 0 spiro atoms. The Morgan fingerprint density at radius 3 is 2.13 bits per heavy atom. The van der Waals surface area contributed by atoms with E-state index < -0.39 is 10.2 Å². The van der Waals surface area contributed by atoms with Crippen molar-refractivity contribution in [1.29, 1.82) is 0 Å². The van der Waals surface area contributed by atoms with E-state index in [0.29, 0.717) is 50.1 Å². The monoisotopic (exact) mass is 379 g/mol. The zero-order valence-electron chi connectivity index (χ0n) is 13.0. The van der Waals surface area contributed by atoms with Gasteiger partial charge in [0, 0.05) is 57.3 Å². The van der Waals surface area contributed by atoms with Crippen LogP contribution in [0.2, 0.25) is 4.34 Å². The number of rotatable bonds is 4. The van der Waals surface area contributed by atoms with Gasteiger partial charge in [-0.25, -0.2) is 0 Å². The van der Waals surface area contributed by atoms with Crippen molar-refractivity contribution in [3.05, 3.63) is 10.0 Å². The molecule has 0 unspecified atom stereocenters. The molecule has 3 rings (SSSR count). The second kappa shape index (κ2) is 7.71. The van der Waals surface area contributed by atoms with Gasteiger partial charge in [-0.05, 0) is 12.8 Å². The lowest BCUT2D eigenvalue weighted by molar-refractivity contribution is 0.173. The van der Waals surface area contributed by atoms with Crippen molar-refractivity contribution in [2.75, 3.05) is 39.3 Å². The molecular formula is C13H22ClN5O2S2. The van der Waals surface area contributed by atoms with Crippen molar-refractivity contribution >= 4 is 33.3 Å². The van der Waals surface area contributed by atoms with Gasteiger partial charge in [0.15, 0.2) is 0 Å². The van der Waals surface area contributed by atoms with Crippen LogP contribution < -0.4 is 0 Å². The van der Waals surface area contributed by atoms with Crippen molar-refractivity contribution < 1.29 is 8.42 Å². The van der Waals surface area contributed by atoms with Gasteiger partial charge >= 0.3 is 0 Å². The minimum atomic E-state index is -3.31. The fourth-order valence-corrected chi connectivity index (χ4v) is 5.34. The molecule has 7 nitrogen and oxygen atoms in total. The third kappa shape index (κ3) is 4.21. The molecule has 0 atom stereocenters. The minimum Gasteiger partial charge on any atom is -0.295 e. The molecule has 0 saturated carbocycles. The van der Waals surface area contributed by atoms with E-state index in [1.54, 1.807) is 8.61 Å². The van der Waals surface area contributed by atoms with Gasteiger partial charge in [0.1, 0.15) is 10.0 Å². The standard InChI is InChI=1S/C13H22ClN5O2S2/c14-13-12(15-16-22-13)11-17-7-9-19(10-8-17)23(20,21)18-5-3-1-2-4-6-18/h1-11H2. The smallest absolute Gasteiger partial charge is 0.282 e. The van der Waals surface area contributed by atoms with Crippen LogP contribution in [0.3, 0.4) is 0 Å². The molecular weight excluding hydrogens is 358 g/mol. The first-order chi connectivity index (χ1) is 11.1. The van der Waals surface area contributed by atoms with E-state index in [1.807, 2.05) is 0 Å². The highest BCUT2D eigenvalue weighted by molar-refractivity contribution is 7.86. The first-order valence-corrected chi connectivity index (χ1v) is 10.6. The Balaban J connectivity index is 1.56. The summed E-state index contributed by atoms with van der Waals surface area (Å²) in [4.78, 5) is 2.18. The second-order valence-corrected chi connectivity index (χ2v) is 9.27. The average Bonchev–Trinajstić information content (AvgIpc) is 2.80. The van der Waals surface area contributed by atoms with E-state index in [9.17, 15) is 8.42 Å². The van der Waals surface area contributed by atoms with Gasteiger partial charge < -0.3 is 0 Å². The Labute approximate surface area is 146 Å². The Morgan fingerprint density at radius 1 is 0.957 bits per heavy atom. The van der Waals surface area contributed by atoms with E-state index in [-0.39, 0.29) is 0 Å². The van der Waals surface area contributed by atoms with Gasteiger partial charge in [-0.3, -0.25) is 4.90 Å². The van der Waals surface area contributed by atoms with Gasteiger partial charge in [-0.15, -0.1) is 5.10 Å². The van der Waals surface area contributed by atoms with Crippen LogP contribution in [0.1, 0.15) is 31.4 Å². The molecule has 1 aromatic rings. The molecule has 2 fully saturated rings. The number of hydrogen-bond donors (Lipinski definition) is 0. The zero-order chi connectivity index (χ0) is 16.3. The summed E-state index contributed by atoms with van der Waals surface area (Å²) in [7, 11) is -3.31. The highest BCUT2D eigenvalue weighted by Crippen LogP contribution is 2.21. The van der Waals surface area contributed by atoms with Crippen LogP contribution >= 0.6 is 23.1 Å². The first-order valence-electron chi connectivity index (χ1n) is 8.01. The molecule has 2 aliphatic rings. The molecule has 10 heteroatoms. The summed E-state index contributed by atoms with van der Waals surface area (Å²) in [6.07, 6.45) is 4.19. The molecule has 1 aromatic heterocycles. The van der Waals surface area contributed by atoms with Gasteiger partial charge in [0.25, 0.3) is 10.2 Å². The van der Waals surface area contributed by atoms with E-state index in [0.717, 1.165) is 31.4 Å². The quantitative estimate of drug-likeness (QED) is 0.791. The average molecular weight is 380 g/mol. The lowest BCUT2D eigenvalue weighted by Crippen LogP contribution is -2.52. The van der Waals surface area contributed by atoms with Crippen molar-refractivity contribution in [2.24, 2.45) is 0 Å². The largest absolute Gasteiger partial charge is 0.295 e. The first kappa shape index (κ1) is 17.5. The summed E-state index contributed by atoms with van der Waals surface area (Å²) < 4.78 is 33.3. The van der Waals surface area contributed by atoms with E-state index >= 15 is 0 Å². The summed E-state index contributed by atoms with van der Waals surface area (Å²) in [5, 5.41) is 4.02. The number of nitrogens with zero attached hydrogens (tertiary/aromatic N) is 5. The highest BCUT2D eigenvalue weighted by Gasteiger charge is 2.32. The maximum absolute atomic E-state index is 12.8. The summed E-state index contributed by atoms with van der Waals surface area (Å²) in [6, 6.07) is 0. The van der Waals surface area contributed by atoms with Crippen LogP contribution in [0.5, 0.6) is 0 Å². The number of aromatic nitrogens is 2. The topological polar surface area (TPSA) is 69.6 Å². The fraction of sp³-hybridized carbons (Fsp3) is 0.846. The van der Waals surface area contributed by atoms with Crippen LogP contribution in [-0.2, 0) is 16.8 Å². The lowest BCUT2D eigenvalue weighted by atomic mass is 10.2. The van der Waals surface area contributed by atoms with E-state index in [1.165, 1.54) is 11.5 Å². The maximum Gasteiger partial charge on any atom is 0.282 e. The molecule has 2 aliphatic heterocycles. The highest BCUT2D eigenvalue weighted by atomic mass is 35.5. The van der Waals surface area contributed by atoms with Crippen LogP contribution in [0.4, 0.5) is 0 Å². The van der Waals surface area contributed by atoms with E-state index in [2.05, 4.69) is 14.5 Å². The molecule has 0 aromatic carbocycles. The van der Waals surface area contributed by atoms with Crippen LogP contribution in [-0.4, -0.2) is 70.8 Å². The van der Waals surface area contributed by atoms with Crippen molar-refractivity contribution in [1.82, 2.24) is 23.1 Å². The van der Waals surface area contributed by atoms with E-state index in [4.69, 9.17) is 11.6 Å². The van der Waals surface area contributed by atoms with Gasteiger partial charge in [-0.1, -0.05) is 28.9 Å². The Kier molecular flexibility index (Phi) is 5.87. The fourth-order valence-electron chi connectivity index (χ4n) is 3.06. The van der Waals surface area contributed by atoms with Crippen molar-refractivity contribution in [3.8, 4) is 0 Å². The van der Waals surface area contributed by atoms with Gasteiger partial charge in [0.2, 0.25) is 0 Å². The number of piperazine rings is 1. The second-order valence-electron chi connectivity index (χ2n) is 5.99. The molecule has 0 bridgehead atoms. The maximum atomic E-state index is 12.8. The molecule has 130 valence electrons. The van der Waals surface area contributed by atoms with Gasteiger partial charge in [-0.2, -0.15) is 17.0 Å². The Morgan fingerprint density at radius 2 is 1.57 bits per heavy atom. The lowest BCUT2D eigenvalue weighted by Gasteiger charge is -2.36. The number of hydrogen-bond acceptors (Lipinski definition) is 6. The molecule has 2 saturated heterocycles. The third-order valence-electron chi connectivity index (χ3n) is 4.43. The molecule has 0 radical (unpaired) electrons. The van der Waals surface area contributed by atoms with Crippen molar-refractivity contribution in [3.63, 3.8) is 0 Å². The summed E-state index contributed by atoms with van der Waals surface area (Å²) in [5.41, 5.74) is 0.778. The van der Waals surface area contributed by atoms with Gasteiger partial charge in [0.05, 0.1) is 0 Å². The van der Waals surface area contributed by atoms with Crippen LogP contribution in [0, 0.1) is 0 Å². The summed E-state index contributed by atoms with van der Waals surface area (Å²) in [6.45, 7) is 4.38. The van der Waals surface area contributed by atoms with Crippen LogP contribution in [0.25, 0.3) is 0 Å². The molecule has 0 amide bonds. The predicted octanol–water partition coefficient (Wildman–Crippen LogP) is 1.43. The third-order valence-corrected chi connectivity index (χ3v) is 7.45. The SMILES string of the molecule is O=S(=O)(N1CCCCCC1)N1CCN(Cc2nnsc2Cl)CC1. The normalized spacial score (nSPS) is 23.0. The molecule has 0 aliphatic carbocycles. The molecule has 23 heavy (non-hydrogen) atoms. The Hall–Kier alpha value is -0.320. The Bertz CT molecular complexity index is 608. The predicted molar refractivity (Wildman–Crippen MR) is 90.7 cm³/mol. The minimum absolute atomic E-state index is 0.522. The zero-order valence-corrected chi connectivity index (χ0v) is 15.4. The number of halogens is 1. The summed E-state index contributed by atoms with van der Waals surface area (Å²) >= 11 is 7.21. The molecule has 3 heterocycles. The molecule has 0 N–H and O–H groups in total.